The van der Waals surface area contributed by atoms with Crippen LogP contribution >= 0.6 is 27.3 Å². The van der Waals surface area contributed by atoms with Gasteiger partial charge in [0.15, 0.2) is 0 Å². The molecule has 1 fully saturated rings. The molecule has 1 aromatic rings. The van der Waals surface area contributed by atoms with E-state index in [1.807, 2.05) is 4.90 Å². The van der Waals surface area contributed by atoms with Crippen molar-refractivity contribution >= 4 is 33.2 Å². The zero-order valence-electron chi connectivity index (χ0n) is 11.5. The van der Waals surface area contributed by atoms with Crippen molar-refractivity contribution in [2.45, 2.75) is 39.3 Å². The summed E-state index contributed by atoms with van der Waals surface area (Å²) in [5, 5.41) is 5.84. The molecule has 0 bridgehead atoms. The van der Waals surface area contributed by atoms with Crippen LogP contribution in [0.25, 0.3) is 0 Å². The third-order valence-corrected chi connectivity index (χ3v) is 5.45. The normalized spacial score (nSPS) is 23.6. The van der Waals surface area contributed by atoms with Gasteiger partial charge in [0.05, 0.1) is 3.79 Å². The molecule has 2 rings (SSSR count). The van der Waals surface area contributed by atoms with Crippen LogP contribution in [0.15, 0.2) is 15.2 Å². The first-order valence-electron chi connectivity index (χ1n) is 6.82. The largest absolute Gasteiger partial charge is 0.343 e. The monoisotopic (exact) mass is 344 g/mol. The molecule has 0 aliphatic carbocycles. The van der Waals surface area contributed by atoms with E-state index in [9.17, 15) is 4.79 Å². The van der Waals surface area contributed by atoms with Gasteiger partial charge >= 0.3 is 0 Å². The van der Waals surface area contributed by atoms with E-state index >= 15 is 0 Å². The molecule has 1 aliphatic heterocycles. The first-order chi connectivity index (χ1) is 9.10. The minimum absolute atomic E-state index is 0.207. The highest BCUT2D eigenvalue weighted by atomic mass is 79.9. The summed E-state index contributed by atoms with van der Waals surface area (Å²) in [6.45, 7) is 6.59. The fourth-order valence-corrected chi connectivity index (χ4v) is 3.90. The Balaban J connectivity index is 1.87. The minimum atomic E-state index is 0.207. The van der Waals surface area contributed by atoms with Crippen molar-refractivity contribution in [1.82, 2.24) is 10.2 Å². The van der Waals surface area contributed by atoms with Gasteiger partial charge in [-0.1, -0.05) is 13.3 Å². The van der Waals surface area contributed by atoms with Crippen LogP contribution in [0.2, 0.25) is 0 Å². The second-order valence-corrected chi connectivity index (χ2v) is 7.46. The molecule has 106 valence electrons. The summed E-state index contributed by atoms with van der Waals surface area (Å²) in [6, 6.07) is 2.70. The molecule has 2 atom stereocenters. The Labute approximate surface area is 127 Å². The first-order valence-corrected chi connectivity index (χ1v) is 8.49. The molecule has 0 saturated carbocycles. The lowest BCUT2D eigenvalue weighted by molar-refractivity contribution is -0.131. The van der Waals surface area contributed by atoms with Gasteiger partial charge in [-0.15, -0.1) is 11.3 Å². The van der Waals surface area contributed by atoms with E-state index < -0.39 is 0 Å². The number of carbonyl (C=O) groups is 1. The average molecular weight is 345 g/mol. The number of nitrogens with one attached hydrogen (secondary N) is 1. The summed E-state index contributed by atoms with van der Waals surface area (Å²) in [6.07, 6.45) is 2.18. The van der Waals surface area contributed by atoms with E-state index in [4.69, 9.17) is 0 Å². The average Bonchev–Trinajstić information content (AvgIpc) is 2.81. The van der Waals surface area contributed by atoms with Gasteiger partial charge in [-0.25, -0.2) is 0 Å². The fraction of sp³-hybridized carbons (Fsp3) is 0.643. The quantitative estimate of drug-likeness (QED) is 0.909. The lowest BCUT2D eigenvalue weighted by atomic mass is 9.89. The molecule has 5 heteroatoms. The number of carbonyl (C=O) groups excluding carboxylic acids is 1. The van der Waals surface area contributed by atoms with Crippen molar-refractivity contribution in [1.29, 1.82) is 0 Å². The third kappa shape index (κ3) is 4.04. The van der Waals surface area contributed by atoms with Gasteiger partial charge in [0.25, 0.3) is 0 Å². The van der Waals surface area contributed by atoms with E-state index in [1.165, 1.54) is 9.35 Å². The van der Waals surface area contributed by atoms with Crippen molar-refractivity contribution in [2.75, 3.05) is 13.1 Å². The number of hydrogen-bond donors (Lipinski definition) is 1. The maximum atomic E-state index is 11.5. The molecule has 1 aliphatic rings. The second-order valence-electron chi connectivity index (χ2n) is 5.17. The van der Waals surface area contributed by atoms with Gasteiger partial charge in [-0.3, -0.25) is 4.79 Å². The smallest absolute Gasteiger partial charge is 0.219 e. The standard InChI is InChI=1S/C14H21BrN2OS/c1-3-12-8-17(10(2)18)5-4-13(12)16-7-11-6-14(15)19-9-11/h6,9,12-13,16H,3-5,7-8H2,1-2H3/t12-,13+/m0/s1. The van der Waals surface area contributed by atoms with Gasteiger partial charge in [0.2, 0.25) is 5.91 Å². The number of halogens is 1. The molecular weight excluding hydrogens is 324 g/mol. The van der Waals surface area contributed by atoms with Crippen LogP contribution in [-0.2, 0) is 11.3 Å². The van der Waals surface area contributed by atoms with E-state index in [1.54, 1.807) is 18.3 Å². The van der Waals surface area contributed by atoms with Gasteiger partial charge in [0.1, 0.15) is 0 Å². The van der Waals surface area contributed by atoms with Crippen molar-refractivity contribution in [2.24, 2.45) is 5.92 Å². The van der Waals surface area contributed by atoms with E-state index in [0.29, 0.717) is 12.0 Å². The zero-order chi connectivity index (χ0) is 13.8. The summed E-state index contributed by atoms with van der Waals surface area (Å²) in [7, 11) is 0. The lowest BCUT2D eigenvalue weighted by Crippen LogP contribution is -2.50. The fourth-order valence-electron chi connectivity index (χ4n) is 2.69. The molecule has 1 N–H and O–H groups in total. The van der Waals surface area contributed by atoms with Crippen LogP contribution in [0.3, 0.4) is 0 Å². The van der Waals surface area contributed by atoms with Crippen molar-refractivity contribution in [3.63, 3.8) is 0 Å². The number of amides is 1. The molecule has 2 heterocycles. The van der Waals surface area contributed by atoms with Crippen LogP contribution in [0.1, 0.15) is 32.3 Å². The van der Waals surface area contributed by atoms with E-state index in [-0.39, 0.29) is 5.91 Å². The predicted octanol–water partition coefficient (Wildman–Crippen LogP) is 3.25. The Bertz CT molecular complexity index is 435. The van der Waals surface area contributed by atoms with E-state index in [2.05, 4.69) is 39.6 Å². The highest BCUT2D eigenvalue weighted by molar-refractivity contribution is 9.11. The molecule has 0 radical (unpaired) electrons. The SMILES string of the molecule is CC[C@H]1CN(C(C)=O)CC[C@H]1NCc1csc(Br)c1. The molecule has 1 saturated heterocycles. The topological polar surface area (TPSA) is 32.3 Å². The molecule has 0 unspecified atom stereocenters. The van der Waals surface area contributed by atoms with E-state index in [0.717, 1.165) is 32.5 Å². The molecular formula is C14H21BrN2OS. The van der Waals surface area contributed by atoms with Gasteiger partial charge < -0.3 is 10.2 Å². The Morgan fingerprint density at radius 1 is 1.63 bits per heavy atom. The number of nitrogens with zero attached hydrogens (tertiary/aromatic N) is 1. The lowest BCUT2D eigenvalue weighted by Gasteiger charge is -2.38. The number of piperidine rings is 1. The minimum Gasteiger partial charge on any atom is -0.343 e. The van der Waals surface area contributed by atoms with Crippen molar-refractivity contribution < 1.29 is 4.79 Å². The van der Waals surface area contributed by atoms with Crippen LogP contribution in [-0.4, -0.2) is 29.9 Å². The molecule has 1 aromatic heterocycles. The Hall–Kier alpha value is -0.390. The summed E-state index contributed by atoms with van der Waals surface area (Å²) in [5.41, 5.74) is 1.33. The summed E-state index contributed by atoms with van der Waals surface area (Å²) in [4.78, 5) is 13.4. The maximum absolute atomic E-state index is 11.5. The highest BCUT2D eigenvalue weighted by Crippen LogP contribution is 2.23. The van der Waals surface area contributed by atoms with Gasteiger partial charge in [0, 0.05) is 32.6 Å². The Morgan fingerprint density at radius 3 is 3.00 bits per heavy atom. The Kier molecular flexibility index (Phi) is 5.42. The van der Waals surface area contributed by atoms with Crippen LogP contribution in [0.5, 0.6) is 0 Å². The Morgan fingerprint density at radius 2 is 2.42 bits per heavy atom. The number of thiophene rings is 1. The summed E-state index contributed by atoms with van der Waals surface area (Å²) < 4.78 is 1.18. The molecule has 0 aromatic carbocycles. The number of rotatable bonds is 4. The summed E-state index contributed by atoms with van der Waals surface area (Å²) in [5.74, 6) is 0.776. The van der Waals surface area contributed by atoms with Gasteiger partial charge in [-0.05, 0) is 45.3 Å². The first kappa shape index (κ1) is 15.0. The highest BCUT2D eigenvalue weighted by Gasteiger charge is 2.28. The van der Waals surface area contributed by atoms with Crippen molar-refractivity contribution in [3.8, 4) is 0 Å². The van der Waals surface area contributed by atoms with Crippen LogP contribution in [0.4, 0.5) is 0 Å². The second kappa shape index (κ2) is 6.86. The van der Waals surface area contributed by atoms with Crippen LogP contribution < -0.4 is 5.32 Å². The number of likely N-dealkylation sites (tertiary alicyclic amines) is 1. The van der Waals surface area contributed by atoms with Crippen molar-refractivity contribution in [3.05, 3.63) is 20.8 Å². The molecule has 1 amide bonds. The predicted molar refractivity (Wildman–Crippen MR) is 83.3 cm³/mol. The molecule has 0 spiro atoms. The molecule has 19 heavy (non-hydrogen) atoms. The van der Waals surface area contributed by atoms with Gasteiger partial charge in [-0.2, -0.15) is 0 Å². The van der Waals surface area contributed by atoms with Crippen LogP contribution in [0, 0.1) is 5.92 Å². The molecule has 3 nitrogen and oxygen atoms in total. The zero-order valence-corrected chi connectivity index (χ0v) is 13.9. The third-order valence-electron chi connectivity index (χ3n) is 3.89. The number of hydrogen-bond acceptors (Lipinski definition) is 3. The summed E-state index contributed by atoms with van der Waals surface area (Å²) >= 11 is 5.22. The maximum Gasteiger partial charge on any atom is 0.219 e.